The Morgan fingerprint density at radius 3 is 2.81 bits per heavy atom. The van der Waals surface area contributed by atoms with Crippen LogP contribution in [0.2, 0.25) is 0 Å². The summed E-state index contributed by atoms with van der Waals surface area (Å²) in [7, 11) is 1.41. The van der Waals surface area contributed by atoms with Crippen LogP contribution >= 0.6 is 0 Å². The van der Waals surface area contributed by atoms with Crippen LogP contribution in [0.25, 0.3) is 10.9 Å². The van der Waals surface area contributed by atoms with E-state index in [1.165, 1.54) is 37.6 Å². The second-order valence-corrected chi connectivity index (χ2v) is 5.38. The quantitative estimate of drug-likeness (QED) is 0.523. The minimum Gasteiger partial charge on any atom is -0.495 e. The number of nitrogens with zero attached hydrogens (tertiary/aromatic N) is 1. The number of benzene rings is 2. The Bertz CT molecular complexity index is 972. The number of carbonyl (C=O) groups excluding carboxylic acids is 2. The van der Waals surface area contributed by atoms with Gasteiger partial charge in [0.1, 0.15) is 11.6 Å². The van der Waals surface area contributed by atoms with Gasteiger partial charge in [-0.15, -0.1) is 0 Å². The molecule has 3 rings (SSSR count). The summed E-state index contributed by atoms with van der Waals surface area (Å²) >= 11 is 0. The van der Waals surface area contributed by atoms with Crippen molar-refractivity contribution >= 4 is 22.7 Å². The van der Waals surface area contributed by atoms with E-state index in [0.717, 1.165) is 6.07 Å². The molecule has 0 radical (unpaired) electrons. The number of aliphatic hydroxyl groups is 1. The molecule has 8 nitrogen and oxygen atoms in total. The molecule has 0 aliphatic rings. The van der Waals surface area contributed by atoms with Crippen molar-refractivity contribution in [2.45, 2.75) is 6.10 Å². The first kappa shape index (κ1) is 17.4. The zero-order chi connectivity index (χ0) is 18.7. The number of H-pyrrole nitrogens is 1. The maximum absolute atomic E-state index is 13.2. The van der Waals surface area contributed by atoms with Gasteiger partial charge in [0.15, 0.2) is 6.10 Å². The van der Waals surface area contributed by atoms with E-state index in [9.17, 15) is 19.1 Å². The summed E-state index contributed by atoms with van der Waals surface area (Å²) in [5.41, 5.74) is 5.21. The number of rotatable bonds is 4. The van der Waals surface area contributed by atoms with Crippen LogP contribution in [0.15, 0.2) is 42.6 Å². The molecule has 0 fully saturated rings. The largest absolute Gasteiger partial charge is 0.495 e. The van der Waals surface area contributed by atoms with Crippen LogP contribution in [0, 0.1) is 5.82 Å². The minimum atomic E-state index is -1.63. The monoisotopic (exact) mass is 358 g/mol. The SMILES string of the molecule is COc1c(C(=O)NNC(=O)C(O)c2cccc(F)c2)ccc2[nH]ncc12. The number of amides is 2. The molecule has 1 atom stereocenters. The number of aliphatic hydroxyl groups excluding tert-OH is 1. The molecule has 3 aromatic rings. The van der Waals surface area contributed by atoms with E-state index in [0.29, 0.717) is 10.9 Å². The number of hydrazine groups is 1. The summed E-state index contributed by atoms with van der Waals surface area (Å²) in [5.74, 6) is -1.86. The number of hydrogen-bond donors (Lipinski definition) is 4. The zero-order valence-corrected chi connectivity index (χ0v) is 13.6. The lowest BCUT2D eigenvalue weighted by Crippen LogP contribution is -2.44. The number of aromatic nitrogens is 2. The van der Waals surface area contributed by atoms with E-state index in [1.807, 2.05) is 0 Å². The van der Waals surface area contributed by atoms with Gasteiger partial charge in [-0.05, 0) is 29.8 Å². The molecular weight excluding hydrogens is 343 g/mol. The van der Waals surface area contributed by atoms with Crippen LogP contribution in [0.5, 0.6) is 5.75 Å². The van der Waals surface area contributed by atoms with E-state index in [2.05, 4.69) is 21.0 Å². The Balaban J connectivity index is 1.71. The van der Waals surface area contributed by atoms with Crippen LogP contribution < -0.4 is 15.6 Å². The summed E-state index contributed by atoms with van der Waals surface area (Å²) in [4.78, 5) is 24.3. The standard InChI is InChI=1S/C17H15FN4O4/c1-26-15-11(5-6-13-12(15)8-19-20-13)16(24)21-22-17(25)14(23)9-3-2-4-10(18)7-9/h2-8,14,23H,1H3,(H,19,20)(H,21,24)(H,22,25). The van der Waals surface area contributed by atoms with Gasteiger partial charge in [-0.2, -0.15) is 5.10 Å². The van der Waals surface area contributed by atoms with Gasteiger partial charge in [-0.25, -0.2) is 4.39 Å². The molecule has 134 valence electrons. The van der Waals surface area contributed by atoms with Crippen molar-refractivity contribution in [1.29, 1.82) is 0 Å². The topological polar surface area (TPSA) is 116 Å². The van der Waals surface area contributed by atoms with E-state index in [4.69, 9.17) is 4.74 Å². The molecule has 9 heteroatoms. The number of nitrogens with one attached hydrogen (secondary N) is 3. The molecule has 4 N–H and O–H groups in total. The van der Waals surface area contributed by atoms with Crippen molar-refractivity contribution < 1.29 is 23.8 Å². The third kappa shape index (κ3) is 3.33. The fourth-order valence-corrected chi connectivity index (χ4v) is 2.47. The molecule has 0 bridgehead atoms. The highest BCUT2D eigenvalue weighted by Gasteiger charge is 2.20. The molecule has 0 saturated carbocycles. The predicted octanol–water partition coefficient (Wildman–Crippen LogP) is 1.21. The summed E-state index contributed by atoms with van der Waals surface area (Å²) in [6.07, 6.45) is -0.124. The summed E-state index contributed by atoms with van der Waals surface area (Å²) in [6, 6.07) is 8.12. The van der Waals surface area contributed by atoms with Crippen molar-refractivity contribution in [3.8, 4) is 5.75 Å². The average Bonchev–Trinajstić information content (AvgIpc) is 3.13. The summed E-state index contributed by atoms with van der Waals surface area (Å²) < 4.78 is 18.4. The summed E-state index contributed by atoms with van der Waals surface area (Å²) in [6.45, 7) is 0. The molecule has 2 aromatic carbocycles. The first-order valence-corrected chi connectivity index (χ1v) is 7.55. The number of aromatic amines is 1. The van der Waals surface area contributed by atoms with Crippen LogP contribution in [-0.2, 0) is 4.79 Å². The smallest absolute Gasteiger partial charge is 0.273 e. The second kappa shape index (κ2) is 7.19. The third-order valence-corrected chi connectivity index (χ3v) is 3.74. The van der Waals surface area contributed by atoms with Crippen LogP contribution in [-0.4, -0.2) is 34.2 Å². The van der Waals surface area contributed by atoms with Crippen LogP contribution in [0.3, 0.4) is 0 Å². The zero-order valence-electron chi connectivity index (χ0n) is 13.6. The highest BCUT2D eigenvalue weighted by molar-refractivity contribution is 6.03. The maximum Gasteiger partial charge on any atom is 0.273 e. The molecule has 1 unspecified atom stereocenters. The Labute approximate surface area is 146 Å². The molecule has 26 heavy (non-hydrogen) atoms. The molecular formula is C17H15FN4O4. The van der Waals surface area contributed by atoms with Gasteiger partial charge in [-0.3, -0.25) is 25.5 Å². The molecule has 0 aliphatic heterocycles. The van der Waals surface area contributed by atoms with Crippen molar-refractivity contribution in [3.63, 3.8) is 0 Å². The number of ether oxygens (including phenoxy) is 1. The van der Waals surface area contributed by atoms with Gasteiger partial charge in [0, 0.05) is 0 Å². The Hall–Kier alpha value is -3.46. The van der Waals surface area contributed by atoms with E-state index in [1.54, 1.807) is 6.07 Å². The third-order valence-electron chi connectivity index (χ3n) is 3.74. The number of hydrogen-bond acceptors (Lipinski definition) is 5. The number of methoxy groups -OCH3 is 1. The van der Waals surface area contributed by atoms with Crippen molar-refractivity contribution in [2.75, 3.05) is 7.11 Å². The fraction of sp³-hybridized carbons (Fsp3) is 0.118. The first-order valence-electron chi connectivity index (χ1n) is 7.55. The molecule has 1 aromatic heterocycles. The number of fused-ring (bicyclic) bond motifs is 1. The summed E-state index contributed by atoms with van der Waals surface area (Å²) in [5, 5.41) is 17.2. The molecule has 1 heterocycles. The van der Waals surface area contributed by atoms with Gasteiger partial charge in [0.2, 0.25) is 0 Å². The highest BCUT2D eigenvalue weighted by atomic mass is 19.1. The fourth-order valence-electron chi connectivity index (χ4n) is 2.47. The van der Waals surface area contributed by atoms with E-state index in [-0.39, 0.29) is 16.9 Å². The molecule has 0 aliphatic carbocycles. The van der Waals surface area contributed by atoms with Crippen molar-refractivity contribution in [3.05, 3.63) is 59.5 Å². The van der Waals surface area contributed by atoms with E-state index >= 15 is 0 Å². The van der Waals surface area contributed by atoms with Gasteiger partial charge >= 0.3 is 0 Å². The lowest BCUT2D eigenvalue weighted by atomic mass is 10.1. The first-order chi connectivity index (χ1) is 12.5. The average molecular weight is 358 g/mol. The van der Waals surface area contributed by atoms with Gasteiger partial charge in [0.25, 0.3) is 11.8 Å². The lowest BCUT2D eigenvalue weighted by Gasteiger charge is -2.14. The van der Waals surface area contributed by atoms with Gasteiger partial charge in [0.05, 0.1) is 29.8 Å². The molecule has 2 amide bonds. The van der Waals surface area contributed by atoms with Crippen LogP contribution in [0.4, 0.5) is 4.39 Å². The highest BCUT2D eigenvalue weighted by Crippen LogP contribution is 2.28. The minimum absolute atomic E-state index is 0.0640. The van der Waals surface area contributed by atoms with Crippen molar-refractivity contribution in [1.82, 2.24) is 21.0 Å². The second-order valence-electron chi connectivity index (χ2n) is 5.38. The predicted molar refractivity (Wildman–Crippen MR) is 89.6 cm³/mol. The number of carbonyl (C=O) groups is 2. The number of halogens is 1. The van der Waals surface area contributed by atoms with Crippen molar-refractivity contribution in [2.24, 2.45) is 0 Å². The van der Waals surface area contributed by atoms with Gasteiger partial charge < -0.3 is 9.84 Å². The maximum atomic E-state index is 13.2. The van der Waals surface area contributed by atoms with Gasteiger partial charge in [-0.1, -0.05) is 12.1 Å². The lowest BCUT2D eigenvalue weighted by molar-refractivity contribution is -0.130. The normalized spacial score (nSPS) is 11.8. The Morgan fingerprint density at radius 1 is 1.27 bits per heavy atom. The Kier molecular flexibility index (Phi) is 4.81. The molecule has 0 spiro atoms. The Morgan fingerprint density at radius 2 is 2.08 bits per heavy atom. The van der Waals surface area contributed by atoms with Crippen LogP contribution in [0.1, 0.15) is 22.0 Å². The molecule has 0 saturated heterocycles. The van der Waals surface area contributed by atoms with E-state index < -0.39 is 23.7 Å².